The molecule has 0 bridgehead atoms. The molecular weight excluding hydrogens is 340 g/mol. The lowest BCUT2D eigenvalue weighted by molar-refractivity contribution is 0.180. The quantitative estimate of drug-likeness (QED) is 0.784. The largest absolute Gasteiger partial charge is 0.493 e. The van der Waals surface area contributed by atoms with Crippen molar-refractivity contribution in [3.63, 3.8) is 0 Å². The van der Waals surface area contributed by atoms with Crippen LogP contribution in [0.1, 0.15) is 25.6 Å². The Kier molecular flexibility index (Phi) is 5.39. The van der Waals surface area contributed by atoms with Gasteiger partial charge in [0.1, 0.15) is 11.6 Å². The molecule has 0 spiro atoms. The molecule has 2 aromatic rings. The van der Waals surface area contributed by atoms with Crippen molar-refractivity contribution in [1.29, 1.82) is 0 Å². The van der Waals surface area contributed by atoms with Crippen LogP contribution in [0.2, 0.25) is 0 Å². The van der Waals surface area contributed by atoms with Gasteiger partial charge in [0.15, 0.2) is 5.03 Å². The van der Waals surface area contributed by atoms with E-state index in [0.29, 0.717) is 26.2 Å². The van der Waals surface area contributed by atoms with Crippen LogP contribution in [0.25, 0.3) is 0 Å². The molecular formula is C17H24N4O3S. The highest BCUT2D eigenvalue weighted by Gasteiger charge is 2.32. The lowest BCUT2D eigenvalue weighted by Gasteiger charge is -2.31. The Labute approximate surface area is 148 Å². The Balaban J connectivity index is 1.67. The van der Waals surface area contributed by atoms with Crippen molar-refractivity contribution in [2.24, 2.45) is 5.92 Å². The molecule has 1 saturated heterocycles. The van der Waals surface area contributed by atoms with Crippen molar-refractivity contribution < 1.29 is 13.2 Å². The lowest BCUT2D eigenvalue weighted by Crippen LogP contribution is -2.41. The number of pyridine rings is 1. The molecule has 2 aromatic heterocycles. The zero-order valence-corrected chi connectivity index (χ0v) is 15.4. The van der Waals surface area contributed by atoms with Crippen LogP contribution < -0.4 is 4.74 Å². The van der Waals surface area contributed by atoms with E-state index in [9.17, 15) is 8.42 Å². The topological polar surface area (TPSA) is 77.3 Å². The van der Waals surface area contributed by atoms with Crippen LogP contribution in [-0.2, 0) is 16.6 Å². The molecule has 1 aliphatic heterocycles. The van der Waals surface area contributed by atoms with Gasteiger partial charge < -0.3 is 9.30 Å². The molecule has 25 heavy (non-hydrogen) atoms. The van der Waals surface area contributed by atoms with Gasteiger partial charge in [0.05, 0.1) is 6.61 Å². The average Bonchev–Trinajstić information content (AvgIpc) is 3.03. The summed E-state index contributed by atoms with van der Waals surface area (Å²) < 4.78 is 34.9. The predicted octanol–water partition coefficient (Wildman–Crippen LogP) is 2.09. The predicted molar refractivity (Wildman–Crippen MR) is 93.9 cm³/mol. The monoisotopic (exact) mass is 364 g/mol. The fourth-order valence-corrected chi connectivity index (χ4v) is 4.63. The molecule has 1 unspecified atom stereocenters. The van der Waals surface area contributed by atoms with Crippen molar-refractivity contribution in [3.05, 3.63) is 36.5 Å². The molecule has 7 nitrogen and oxygen atoms in total. The number of sulfonamides is 1. The number of imidazole rings is 1. The number of ether oxygens (including phenoxy) is 1. The number of nitrogens with zero attached hydrogens (tertiary/aromatic N) is 4. The van der Waals surface area contributed by atoms with E-state index in [1.165, 1.54) is 0 Å². The van der Waals surface area contributed by atoms with Gasteiger partial charge in [-0.1, -0.05) is 0 Å². The van der Waals surface area contributed by atoms with Gasteiger partial charge in [-0.2, -0.15) is 4.31 Å². The van der Waals surface area contributed by atoms with Crippen molar-refractivity contribution in [2.75, 3.05) is 19.7 Å². The summed E-state index contributed by atoms with van der Waals surface area (Å²) in [5, 5.41) is 0.141. The van der Waals surface area contributed by atoms with E-state index in [1.54, 1.807) is 35.0 Å². The Bertz CT molecular complexity index is 805. The second kappa shape index (κ2) is 7.53. The van der Waals surface area contributed by atoms with Crippen LogP contribution in [0.3, 0.4) is 0 Å². The maximum absolute atomic E-state index is 12.9. The summed E-state index contributed by atoms with van der Waals surface area (Å²) in [6, 6.07) is 3.61. The Morgan fingerprint density at radius 2 is 2.08 bits per heavy atom. The third-order valence-electron chi connectivity index (χ3n) is 4.52. The average molecular weight is 364 g/mol. The smallest absolute Gasteiger partial charge is 0.262 e. The zero-order valence-electron chi connectivity index (χ0n) is 14.6. The van der Waals surface area contributed by atoms with E-state index in [2.05, 4.69) is 9.97 Å². The fourth-order valence-electron chi connectivity index (χ4n) is 3.09. The second-order valence-electron chi connectivity index (χ2n) is 6.28. The molecule has 3 heterocycles. The molecule has 8 heteroatoms. The van der Waals surface area contributed by atoms with Crippen molar-refractivity contribution in [1.82, 2.24) is 18.8 Å². The molecule has 1 aliphatic rings. The molecule has 1 atom stereocenters. The van der Waals surface area contributed by atoms with E-state index in [4.69, 9.17) is 4.74 Å². The normalized spacial score (nSPS) is 19.0. The third-order valence-corrected chi connectivity index (χ3v) is 6.25. The van der Waals surface area contributed by atoms with E-state index >= 15 is 0 Å². The van der Waals surface area contributed by atoms with Gasteiger partial charge in [0, 0.05) is 44.1 Å². The SMILES string of the molecule is CCn1cc(S(=O)(=O)N2CCCC(COc3ccncc3)C2)nc1C. The Morgan fingerprint density at radius 1 is 1.32 bits per heavy atom. The first-order valence-corrected chi connectivity index (χ1v) is 10.0. The van der Waals surface area contributed by atoms with Crippen molar-refractivity contribution in [2.45, 2.75) is 38.3 Å². The van der Waals surface area contributed by atoms with E-state index in [0.717, 1.165) is 24.4 Å². The van der Waals surface area contributed by atoms with Gasteiger partial charge >= 0.3 is 0 Å². The number of aromatic nitrogens is 3. The summed E-state index contributed by atoms with van der Waals surface area (Å²) in [5.74, 6) is 1.65. The van der Waals surface area contributed by atoms with Gasteiger partial charge in [-0.3, -0.25) is 4.98 Å². The minimum atomic E-state index is -3.55. The summed E-state index contributed by atoms with van der Waals surface area (Å²) in [7, 11) is -3.55. The van der Waals surface area contributed by atoms with Crippen LogP contribution in [0.15, 0.2) is 35.7 Å². The highest BCUT2D eigenvalue weighted by molar-refractivity contribution is 7.89. The highest BCUT2D eigenvalue weighted by atomic mass is 32.2. The molecule has 0 radical (unpaired) electrons. The van der Waals surface area contributed by atoms with Crippen molar-refractivity contribution in [3.8, 4) is 5.75 Å². The number of piperidine rings is 1. The molecule has 0 N–H and O–H groups in total. The standard InChI is InChI=1S/C17H24N4O3S/c1-3-20-12-17(19-14(20)2)25(22,23)21-10-4-5-15(11-21)13-24-16-6-8-18-9-7-16/h6-9,12,15H,3-5,10-11,13H2,1-2H3. The minimum absolute atomic E-state index is 0.141. The molecule has 0 aromatic carbocycles. The van der Waals surface area contributed by atoms with Crippen molar-refractivity contribution >= 4 is 10.0 Å². The number of hydrogen-bond acceptors (Lipinski definition) is 5. The van der Waals surface area contributed by atoms with Crippen LogP contribution in [0, 0.1) is 12.8 Å². The van der Waals surface area contributed by atoms with Gasteiger partial charge in [-0.05, 0) is 38.8 Å². The maximum Gasteiger partial charge on any atom is 0.262 e. The zero-order chi connectivity index (χ0) is 17.9. The van der Waals surface area contributed by atoms with E-state index in [1.807, 2.05) is 18.4 Å². The summed E-state index contributed by atoms with van der Waals surface area (Å²) in [4.78, 5) is 8.20. The number of rotatable bonds is 6. The fraction of sp³-hybridized carbons (Fsp3) is 0.529. The summed E-state index contributed by atoms with van der Waals surface area (Å²) in [6.45, 7) is 6.00. The lowest BCUT2D eigenvalue weighted by atomic mass is 10.0. The van der Waals surface area contributed by atoms with Crippen LogP contribution in [0.4, 0.5) is 0 Å². The third kappa shape index (κ3) is 4.01. The van der Waals surface area contributed by atoms with Gasteiger partial charge in [-0.25, -0.2) is 13.4 Å². The summed E-state index contributed by atoms with van der Waals surface area (Å²) in [5.41, 5.74) is 0. The first-order chi connectivity index (χ1) is 12.0. The molecule has 0 aliphatic carbocycles. The molecule has 0 saturated carbocycles. The van der Waals surface area contributed by atoms with E-state index in [-0.39, 0.29) is 10.9 Å². The first kappa shape index (κ1) is 17.9. The Morgan fingerprint density at radius 3 is 2.76 bits per heavy atom. The first-order valence-electron chi connectivity index (χ1n) is 8.57. The van der Waals surface area contributed by atoms with Crippen LogP contribution in [0.5, 0.6) is 5.75 Å². The second-order valence-corrected chi connectivity index (χ2v) is 8.16. The maximum atomic E-state index is 12.9. The van der Waals surface area contributed by atoms with Crippen LogP contribution in [-0.4, -0.2) is 47.0 Å². The van der Waals surface area contributed by atoms with Gasteiger partial charge in [-0.15, -0.1) is 0 Å². The highest BCUT2D eigenvalue weighted by Crippen LogP contribution is 2.24. The summed E-state index contributed by atoms with van der Waals surface area (Å²) >= 11 is 0. The molecule has 136 valence electrons. The van der Waals surface area contributed by atoms with Gasteiger partial charge in [0.2, 0.25) is 0 Å². The number of hydrogen-bond donors (Lipinski definition) is 0. The van der Waals surface area contributed by atoms with Crippen LogP contribution >= 0.6 is 0 Å². The minimum Gasteiger partial charge on any atom is -0.493 e. The summed E-state index contributed by atoms with van der Waals surface area (Å²) in [6.07, 6.45) is 6.77. The van der Waals surface area contributed by atoms with Gasteiger partial charge in [0.25, 0.3) is 10.0 Å². The molecule has 1 fully saturated rings. The Hall–Kier alpha value is -1.93. The molecule has 0 amide bonds. The molecule has 3 rings (SSSR count). The van der Waals surface area contributed by atoms with E-state index < -0.39 is 10.0 Å². The number of aryl methyl sites for hydroxylation is 2.